The van der Waals surface area contributed by atoms with Crippen molar-refractivity contribution in [3.8, 4) is 0 Å². The highest BCUT2D eigenvalue weighted by molar-refractivity contribution is 5.80. The number of guanidine groups is 1. The van der Waals surface area contributed by atoms with Crippen LogP contribution in [0, 0.1) is 11.3 Å². The fraction of sp³-hybridized carbons (Fsp3) is 0.955. The van der Waals surface area contributed by atoms with Crippen LogP contribution in [0.15, 0.2) is 4.99 Å². The average Bonchev–Trinajstić information content (AvgIpc) is 3.10. The van der Waals surface area contributed by atoms with Gasteiger partial charge in [-0.3, -0.25) is 9.89 Å². The standard InChI is InChI=1S/C22H38N4O/c1-23-21(25-19-18-10-14-27-20(18)22(19)11-6-12-22)24-16-7-5-13-26(15-16)17-8-3-2-4-9-17/h16-20H,2-15H2,1H3,(H2,23,24,25). The van der Waals surface area contributed by atoms with Crippen molar-refractivity contribution in [1.29, 1.82) is 0 Å². The van der Waals surface area contributed by atoms with Crippen LogP contribution in [0.2, 0.25) is 0 Å². The maximum absolute atomic E-state index is 6.08. The normalized spacial score (nSPS) is 39.5. The molecule has 0 amide bonds. The summed E-state index contributed by atoms with van der Waals surface area (Å²) in [7, 11) is 1.94. The molecule has 0 bridgehead atoms. The van der Waals surface area contributed by atoms with Crippen LogP contribution in [0.3, 0.4) is 0 Å². The van der Waals surface area contributed by atoms with Gasteiger partial charge in [0.1, 0.15) is 0 Å². The van der Waals surface area contributed by atoms with Crippen LogP contribution in [-0.4, -0.2) is 61.8 Å². The van der Waals surface area contributed by atoms with Crippen molar-refractivity contribution in [1.82, 2.24) is 15.5 Å². The number of likely N-dealkylation sites (tertiary alicyclic amines) is 1. The van der Waals surface area contributed by atoms with Gasteiger partial charge in [0.25, 0.3) is 0 Å². The molecule has 5 aliphatic rings. The lowest BCUT2D eigenvalue weighted by atomic mass is 9.46. The van der Waals surface area contributed by atoms with Gasteiger partial charge in [0.15, 0.2) is 5.96 Å². The summed E-state index contributed by atoms with van der Waals surface area (Å²) in [5.74, 6) is 1.74. The van der Waals surface area contributed by atoms with E-state index in [4.69, 9.17) is 4.74 Å². The fourth-order valence-corrected chi connectivity index (χ4v) is 6.87. The van der Waals surface area contributed by atoms with Gasteiger partial charge in [0.05, 0.1) is 6.10 Å². The number of fused-ring (bicyclic) bond motifs is 2. The number of aliphatic imine (C=N–C) groups is 1. The fourth-order valence-electron chi connectivity index (χ4n) is 6.87. The SMILES string of the molecule is CN=C(NC1CCCN(C2CCCCC2)C1)NC1C2CCOC2C12CCC2. The molecule has 4 unspecified atom stereocenters. The third-order valence-corrected chi connectivity index (χ3v) is 8.44. The van der Waals surface area contributed by atoms with Crippen molar-refractivity contribution in [2.75, 3.05) is 26.7 Å². The van der Waals surface area contributed by atoms with Crippen LogP contribution < -0.4 is 10.6 Å². The maximum Gasteiger partial charge on any atom is 0.191 e. The van der Waals surface area contributed by atoms with Crippen molar-refractivity contribution >= 4 is 5.96 Å². The first-order valence-electron chi connectivity index (χ1n) is 11.7. The van der Waals surface area contributed by atoms with Crippen LogP contribution in [0.5, 0.6) is 0 Å². The molecule has 5 nitrogen and oxygen atoms in total. The van der Waals surface area contributed by atoms with Crippen LogP contribution in [0.1, 0.15) is 70.6 Å². The van der Waals surface area contributed by atoms with Crippen LogP contribution in [0.4, 0.5) is 0 Å². The molecule has 27 heavy (non-hydrogen) atoms. The first kappa shape index (κ1) is 18.2. The number of nitrogens with zero attached hydrogens (tertiary/aromatic N) is 2. The van der Waals surface area contributed by atoms with Gasteiger partial charge < -0.3 is 15.4 Å². The lowest BCUT2D eigenvalue weighted by Gasteiger charge is -2.63. The summed E-state index contributed by atoms with van der Waals surface area (Å²) in [6.45, 7) is 3.44. The van der Waals surface area contributed by atoms with E-state index in [0.29, 0.717) is 29.5 Å². The predicted octanol–water partition coefficient (Wildman–Crippen LogP) is 2.91. The zero-order valence-corrected chi connectivity index (χ0v) is 17.1. The summed E-state index contributed by atoms with van der Waals surface area (Å²) in [5.41, 5.74) is 0.416. The van der Waals surface area contributed by atoms with Gasteiger partial charge in [0, 0.05) is 49.7 Å². The Morgan fingerprint density at radius 3 is 2.59 bits per heavy atom. The monoisotopic (exact) mass is 374 g/mol. The molecular formula is C22H38N4O. The Kier molecular flexibility index (Phi) is 5.10. The third kappa shape index (κ3) is 3.19. The highest BCUT2D eigenvalue weighted by atomic mass is 16.5. The Labute approximate surface area is 164 Å². The summed E-state index contributed by atoms with van der Waals surface area (Å²) in [6, 6.07) is 1.95. The largest absolute Gasteiger partial charge is 0.377 e. The molecule has 0 aromatic rings. The van der Waals surface area contributed by atoms with Gasteiger partial charge >= 0.3 is 0 Å². The number of hydrogen-bond donors (Lipinski definition) is 2. The predicted molar refractivity (Wildman–Crippen MR) is 109 cm³/mol. The maximum atomic E-state index is 6.08. The Balaban J connectivity index is 1.18. The van der Waals surface area contributed by atoms with E-state index in [9.17, 15) is 0 Å². The van der Waals surface area contributed by atoms with Crippen molar-refractivity contribution in [2.45, 2.75) is 94.9 Å². The second kappa shape index (κ2) is 7.55. The second-order valence-corrected chi connectivity index (χ2v) is 9.80. The smallest absolute Gasteiger partial charge is 0.191 e. The Morgan fingerprint density at radius 1 is 1.00 bits per heavy atom. The molecule has 3 saturated carbocycles. The average molecular weight is 375 g/mol. The first-order valence-corrected chi connectivity index (χ1v) is 11.7. The molecule has 2 saturated heterocycles. The van der Waals surface area contributed by atoms with E-state index in [2.05, 4.69) is 20.5 Å². The number of piperidine rings is 1. The van der Waals surface area contributed by atoms with E-state index in [-0.39, 0.29) is 0 Å². The molecule has 5 rings (SSSR count). The Hall–Kier alpha value is -0.810. The molecule has 0 aromatic heterocycles. The van der Waals surface area contributed by atoms with E-state index < -0.39 is 0 Å². The quantitative estimate of drug-likeness (QED) is 0.589. The van der Waals surface area contributed by atoms with Gasteiger partial charge in [-0.25, -0.2) is 0 Å². The highest BCUT2D eigenvalue weighted by Gasteiger charge is 2.66. The summed E-state index contributed by atoms with van der Waals surface area (Å²) in [4.78, 5) is 7.38. The molecule has 5 fully saturated rings. The minimum Gasteiger partial charge on any atom is -0.377 e. The van der Waals surface area contributed by atoms with Crippen LogP contribution >= 0.6 is 0 Å². The molecule has 4 atom stereocenters. The third-order valence-electron chi connectivity index (χ3n) is 8.44. The van der Waals surface area contributed by atoms with Gasteiger partial charge in [-0.1, -0.05) is 25.7 Å². The molecule has 2 N–H and O–H groups in total. The molecule has 152 valence electrons. The van der Waals surface area contributed by atoms with Crippen LogP contribution in [-0.2, 0) is 4.74 Å². The van der Waals surface area contributed by atoms with Gasteiger partial charge in [-0.05, 0) is 51.5 Å². The van der Waals surface area contributed by atoms with E-state index in [1.165, 1.54) is 83.7 Å². The van der Waals surface area contributed by atoms with Crippen molar-refractivity contribution < 1.29 is 4.74 Å². The molecule has 2 heterocycles. The number of hydrogen-bond acceptors (Lipinski definition) is 3. The van der Waals surface area contributed by atoms with E-state index in [1.54, 1.807) is 0 Å². The van der Waals surface area contributed by atoms with Gasteiger partial charge in [0.2, 0.25) is 0 Å². The Morgan fingerprint density at radius 2 is 1.85 bits per heavy atom. The van der Waals surface area contributed by atoms with Gasteiger partial charge in [-0.15, -0.1) is 0 Å². The lowest BCUT2D eigenvalue weighted by Crippen LogP contribution is -2.73. The molecule has 2 aliphatic heterocycles. The summed E-state index contributed by atoms with van der Waals surface area (Å²) >= 11 is 0. The first-order chi connectivity index (χ1) is 13.3. The van der Waals surface area contributed by atoms with Crippen molar-refractivity contribution in [3.63, 3.8) is 0 Å². The topological polar surface area (TPSA) is 48.9 Å². The molecule has 1 spiro atoms. The van der Waals surface area contributed by atoms with Crippen molar-refractivity contribution in [3.05, 3.63) is 0 Å². The minimum atomic E-state index is 0.416. The highest BCUT2D eigenvalue weighted by Crippen LogP contribution is 2.62. The van der Waals surface area contributed by atoms with E-state index in [1.807, 2.05) is 7.05 Å². The van der Waals surface area contributed by atoms with Crippen molar-refractivity contribution in [2.24, 2.45) is 16.3 Å². The minimum absolute atomic E-state index is 0.416. The second-order valence-electron chi connectivity index (χ2n) is 9.80. The summed E-state index contributed by atoms with van der Waals surface area (Å²) in [5, 5.41) is 7.65. The van der Waals surface area contributed by atoms with E-state index >= 15 is 0 Å². The van der Waals surface area contributed by atoms with Crippen LogP contribution in [0.25, 0.3) is 0 Å². The number of ether oxygens (including phenoxy) is 1. The molecule has 3 aliphatic carbocycles. The van der Waals surface area contributed by atoms with Gasteiger partial charge in [-0.2, -0.15) is 0 Å². The lowest BCUT2D eigenvalue weighted by molar-refractivity contribution is -0.171. The van der Waals surface area contributed by atoms with E-state index in [0.717, 1.165) is 18.6 Å². The molecule has 5 heteroatoms. The Bertz CT molecular complexity index is 555. The summed E-state index contributed by atoms with van der Waals surface area (Å²) in [6.07, 6.45) is 15.5. The molecule has 0 aromatic carbocycles. The molecular weight excluding hydrogens is 336 g/mol. The molecule has 0 radical (unpaired) electrons. The number of rotatable bonds is 3. The zero-order chi connectivity index (χ0) is 18.3. The zero-order valence-electron chi connectivity index (χ0n) is 17.1. The summed E-state index contributed by atoms with van der Waals surface area (Å²) < 4.78 is 6.08. The number of nitrogens with one attached hydrogen (secondary N) is 2.